The third-order valence-corrected chi connectivity index (χ3v) is 7.14. The van der Waals surface area contributed by atoms with Crippen LogP contribution in [0.25, 0.3) is 11.0 Å². The maximum absolute atomic E-state index is 13.5. The lowest BCUT2D eigenvalue weighted by Crippen LogP contribution is -2.38. The molecule has 1 unspecified atom stereocenters. The van der Waals surface area contributed by atoms with Gasteiger partial charge in [-0.05, 0) is 42.3 Å². The number of carbonyl (C=O) groups excluding carboxylic acids is 1. The summed E-state index contributed by atoms with van der Waals surface area (Å²) in [7, 11) is 0. The molecule has 1 atom stereocenters. The van der Waals surface area contributed by atoms with Crippen LogP contribution in [0.15, 0.2) is 45.6 Å². The molecule has 1 aromatic heterocycles. The van der Waals surface area contributed by atoms with Crippen LogP contribution in [0, 0.1) is 0 Å². The Labute approximate surface area is 205 Å². The molecule has 0 bridgehead atoms. The number of hydrogen-bond donors (Lipinski definition) is 0. The lowest BCUT2D eigenvalue weighted by molar-refractivity contribution is 0.0353. The average molecular weight is 508 g/mol. The van der Waals surface area contributed by atoms with Crippen molar-refractivity contribution in [1.29, 1.82) is 0 Å². The summed E-state index contributed by atoms with van der Waals surface area (Å²) in [6, 6.07) is 9.36. The molecule has 1 saturated heterocycles. The van der Waals surface area contributed by atoms with Crippen LogP contribution in [0.5, 0.6) is 0 Å². The fraction of sp³-hybridized carbons (Fsp3) is 0.333. The molecule has 3 aromatic rings. The first-order chi connectivity index (χ1) is 15.9. The zero-order valence-corrected chi connectivity index (χ0v) is 19.9. The summed E-state index contributed by atoms with van der Waals surface area (Å²) in [6.45, 7) is 4.46. The summed E-state index contributed by atoms with van der Waals surface area (Å²) in [4.78, 5) is 31.0. The monoisotopic (exact) mass is 506 g/mol. The predicted octanol–water partition coefficient (Wildman–Crippen LogP) is 5.02. The molecule has 1 amide bonds. The van der Waals surface area contributed by atoms with Gasteiger partial charge in [-0.1, -0.05) is 40.9 Å². The van der Waals surface area contributed by atoms with E-state index in [-0.39, 0.29) is 17.1 Å². The van der Waals surface area contributed by atoms with E-state index in [2.05, 4.69) is 4.90 Å². The predicted molar refractivity (Wildman–Crippen MR) is 129 cm³/mol. The number of nitrogens with zero attached hydrogens (tertiary/aromatic N) is 2. The molecule has 9 heteroatoms. The van der Waals surface area contributed by atoms with Gasteiger partial charge in [0.25, 0.3) is 5.91 Å². The molecular weight excluding hydrogens is 487 g/mol. The molecule has 172 valence electrons. The highest BCUT2D eigenvalue weighted by Crippen LogP contribution is 2.40. The second-order valence-corrected chi connectivity index (χ2v) is 9.45. The first-order valence-electron chi connectivity index (χ1n) is 10.8. The van der Waals surface area contributed by atoms with Crippen molar-refractivity contribution in [3.8, 4) is 0 Å². The van der Waals surface area contributed by atoms with Crippen molar-refractivity contribution in [2.45, 2.75) is 12.5 Å². The van der Waals surface area contributed by atoms with Gasteiger partial charge in [-0.2, -0.15) is 0 Å². The molecule has 0 radical (unpaired) electrons. The van der Waals surface area contributed by atoms with E-state index in [9.17, 15) is 9.59 Å². The van der Waals surface area contributed by atoms with Gasteiger partial charge >= 0.3 is 0 Å². The summed E-state index contributed by atoms with van der Waals surface area (Å²) in [5.74, 6) is -0.241. The molecule has 3 heterocycles. The van der Waals surface area contributed by atoms with Crippen LogP contribution in [0.4, 0.5) is 0 Å². The van der Waals surface area contributed by atoms with E-state index < -0.39 is 6.04 Å². The highest BCUT2D eigenvalue weighted by atomic mass is 35.5. The molecule has 6 nitrogen and oxygen atoms in total. The molecule has 2 aliphatic heterocycles. The molecule has 1 fully saturated rings. The molecule has 0 saturated carbocycles. The average Bonchev–Trinajstić information content (AvgIpc) is 3.09. The van der Waals surface area contributed by atoms with E-state index in [0.29, 0.717) is 56.9 Å². The molecule has 0 aliphatic carbocycles. The minimum absolute atomic E-state index is 0.0669. The van der Waals surface area contributed by atoms with Gasteiger partial charge in [-0.25, -0.2) is 0 Å². The van der Waals surface area contributed by atoms with Crippen LogP contribution >= 0.6 is 34.8 Å². The number of ether oxygens (including phenoxy) is 1. The number of hydrogen-bond acceptors (Lipinski definition) is 5. The largest absolute Gasteiger partial charge is 0.450 e. The van der Waals surface area contributed by atoms with E-state index in [0.717, 1.165) is 26.1 Å². The number of halogens is 3. The number of rotatable bonds is 5. The van der Waals surface area contributed by atoms with Crippen LogP contribution in [-0.4, -0.2) is 55.1 Å². The molecule has 2 aliphatic rings. The summed E-state index contributed by atoms with van der Waals surface area (Å²) in [5.41, 5.74) is 1.07. The van der Waals surface area contributed by atoms with E-state index in [1.807, 2.05) is 0 Å². The van der Waals surface area contributed by atoms with E-state index >= 15 is 0 Å². The van der Waals surface area contributed by atoms with Crippen LogP contribution in [-0.2, 0) is 4.74 Å². The lowest BCUT2D eigenvalue weighted by Gasteiger charge is -2.29. The SMILES string of the molecule is O=C1c2oc3ccc(Cl)cc3c(=O)c2C(c2ccc(Cl)c(Cl)c2)N1CCCN1CCOCC1. The second kappa shape index (κ2) is 9.28. The number of fused-ring (bicyclic) bond motifs is 2. The Morgan fingerprint density at radius 2 is 1.73 bits per heavy atom. The topological polar surface area (TPSA) is 63.0 Å². The van der Waals surface area contributed by atoms with Crippen molar-refractivity contribution in [3.05, 3.63) is 78.6 Å². The molecule has 0 spiro atoms. The third kappa shape index (κ3) is 4.27. The van der Waals surface area contributed by atoms with Crippen LogP contribution in [0.3, 0.4) is 0 Å². The smallest absolute Gasteiger partial charge is 0.290 e. The Hall–Kier alpha value is -2.09. The van der Waals surface area contributed by atoms with Gasteiger partial charge in [0.2, 0.25) is 5.76 Å². The highest BCUT2D eigenvalue weighted by molar-refractivity contribution is 6.42. The molecular formula is C24H21Cl3N2O4. The van der Waals surface area contributed by atoms with Gasteiger partial charge < -0.3 is 14.1 Å². The highest BCUT2D eigenvalue weighted by Gasteiger charge is 2.42. The minimum Gasteiger partial charge on any atom is -0.450 e. The van der Waals surface area contributed by atoms with Crippen molar-refractivity contribution in [3.63, 3.8) is 0 Å². The number of benzene rings is 2. The third-order valence-electron chi connectivity index (χ3n) is 6.16. The van der Waals surface area contributed by atoms with Gasteiger partial charge in [0.05, 0.1) is 40.3 Å². The number of carbonyl (C=O) groups is 1. The summed E-state index contributed by atoms with van der Waals surface area (Å²) >= 11 is 18.5. The van der Waals surface area contributed by atoms with Crippen molar-refractivity contribution in [2.24, 2.45) is 0 Å². The first kappa shape index (κ1) is 22.7. The van der Waals surface area contributed by atoms with Crippen molar-refractivity contribution in [1.82, 2.24) is 9.80 Å². The normalized spacial score (nSPS) is 18.8. The lowest BCUT2D eigenvalue weighted by atomic mass is 9.98. The van der Waals surface area contributed by atoms with Crippen molar-refractivity contribution in [2.75, 3.05) is 39.4 Å². The molecule has 33 heavy (non-hydrogen) atoms. The Balaban J connectivity index is 1.56. The summed E-state index contributed by atoms with van der Waals surface area (Å²) in [5, 5.41) is 1.53. The Morgan fingerprint density at radius 3 is 2.48 bits per heavy atom. The van der Waals surface area contributed by atoms with E-state index in [4.69, 9.17) is 44.0 Å². The quantitative estimate of drug-likeness (QED) is 0.485. The second-order valence-electron chi connectivity index (χ2n) is 8.20. The maximum Gasteiger partial charge on any atom is 0.290 e. The summed E-state index contributed by atoms with van der Waals surface area (Å²) < 4.78 is 11.4. The fourth-order valence-corrected chi connectivity index (χ4v) is 5.02. The number of amides is 1. The van der Waals surface area contributed by atoms with Crippen LogP contribution in [0.2, 0.25) is 15.1 Å². The first-order valence-corrected chi connectivity index (χ1v) is 11.9. The van der Waals surface area contributed by atoms with Gasteiger partial charge in [0.15, 0.2) is 5.43 Å². The Morgan fingerprint density at radius 1 is 0.939 bits per heavy atom. The standard InChI is InChI=1S/C24H21Cl3N2O4/c25-15-3-5-19-16(13-15)22(30)20-21(14-2-4-17(26)18(27)12-14)29(24(31)23(20)33-19)7-1-6-28-8-10-32-11-9-28/h2-5,12-13,21H,1,6-11H2. The zero-order valence-electron chi connectivity index (χ0n) is 17.7. The summed E-state index contributed by atoms with van der Waals surface area (Å²) in [6.07, 6.45) is 0.747. The van der Waals surface area contributed by atoms with Crippen LogP contribution in [0.1, 0.15) is 34.1 Å². The number of morpholine rings is 1. The van der Waals surface area contributed by atoms with Gasteiger partial charge in [0, 0.05) is 31.2 Å². The molecule has 2 aromatic carbocycles. The van der Waals surface area contributed by atoms with Crippen molar-refractivity contribution >= 4 is 51.7 Å². The Bertz CT molecular complexity index is 1290. The van der Waals surface area contributed by atoms with E-state index in [1.54, 1.807) is 41.3 Å². The van der Waals surface area contributed by atoms with Crippen LogP contribution < -0.4 is 5.43 Å². The molecule has 5 rings (SSSR count). The zero-order chi connectivity index (χ0) is 23.1. The van der Waals surface area contributed by atoms with E-state index in [1.165, 1.54) is 0 Å². The molecule has 0 N–H and O–H groups in total. The fourth-order valence-electron chi connectivity index (χ4n) is 4.54. The van der Waals surface area contributed by atoms with Crippen molar-refractivity contribution < 1.29 is 13.9 Å². The van der Waals surface area contributed by atoms with Gasteiger partial charge in [-0.15, -0.1) is 0 Å². The van der Waals surface area contributed by atoms with Gasteiger partial charge in [0.1, 0.15) is 5.58 Å². The van der Waals surface area contributed by atoms with Gasteiger partial charge in [-0.3, -0.25) is 14.5 Å². The maximum atomic E-state index is 13.5. The Kier molecular flexibility index (Phi) is 6.38. The minimum atomic E-state index is -0.619.